The van der Waals surface area contributed by atoms with Crippen molar-refractivity contribution < 1.29 is 14.0 Å². The number of carbonyl (C=O) groups excluding carboxylic acids is 2. The number of nitrogens with zero attached hydrogens (tertiary/aromatic N) is 1. The van der Waals surface area contributed by atoms with Gasteiger partial charge in [0.2, 0.25) is 11.8 Å². The Morgan fingerprint density at radius 3 is 2.37 bits per heavy atom. The standard InChI is InChI=1S/C21H25FN2O2S/c1-15-8-4-5-9-17(15)12-24(16(2)21(26)23-3)20(25)14-27-13-18-10-6-7-11-19(18)22/h4-11,16H,12-14H2,1-3H3,(H,23,26)/t16-/m1/s1. The highest BCUT2D eigenvalue weighted by atomic mass is 32.2. The molecule has 0 aliphatic carbocycles. The third-order valence-electron chi connectivity index (χ3n) is 4.46. The van der Waals surface area contributed by atoms with Crippen LogP contribution in [0.3, 0.4) is 0 Å². The Balaban J connectivity index is 2.07. The molecule has 0 bridgehead atoms. The maximum absolute atomic E-state index is 13.7. The summed E-state index contributed by atoms with van der Waals surface area (Å²) in [6.45, 7) is 4.06. The van der Waals surface area contributed by atoms with E-state index in [1.54, 1.807) is 37.1 Å². The Kier molecular flexibility index (Phi) is 7.85. The number of carbonyl (C=O) groups is 2. The Labute approximate surface area is 164 Å². The molecule has 144 valence electrons. The molecule has 6 heteroatoms. The van der Waals surface area contributed by atoms with Crippen molar-refractivity contribution in [3.05, 3.63) is 71.0 Å². The summed E-state index contributed by atoms with van der Waals surface area (Å²) in [5, 5.41) is 2.60. The first-order valence-corrected chi connectivity index (χ1v) is 9.96. The SMILES string of the molecule is CNC(=O)[C@@H](C)N(Cc1ccccc1C)C(=O)CSCc1ccccc1F. The minimum atomic E-state index is -0.587. The van der Waals surface area contributed by atoms with Crippen molar-refractivity contribution in [1.82, 2.24) is 10.2 Å². The van der Waals surface area contributed by atoms with Crippen LogP contribution in [0.1, 0.15) is 23.6 Å². The number of halogens is 1. The third kappa shape index (κ3) is 5.82. The lowest BCUT2D eigenvalue weighted by Crippen LogP contribution is -2.47. The smallest absolute Gasteiger partial charge is 0.242 e. The predicted octanol–water partition coefficient (Wildman–Crippen LogP) is 3.53. The van der Waals surface area contributed by atoms with Gasteiger partial charge in [0.1, 0.15) is 11.9 Å². The number of nitrogens with one attached hydrogen (secondary N) is 1. The van der Waals surface area contributed by atoms with Crippen molar-refractivity contribution in [3.8, 4) is 0 Å². The van der Waals surface area contributed by atoms with Crippen LogP contribution in [-0.4, -0.2) is 35.6 Å². The molecule has 1 atom stereocenters. The first-order chi connectivity index (χ1) is 12.9. The number of amides is 2. The van der Waals surface area contributed by atoms with Crippen molar-refractivity contribution in [3.63, 3.8) is 0 Å². The number of hydrogen-bond acceptors (Lipinski definition) is 3. The summed E-state index contributed by atoms with van der Waals surface area (Å²) in [5.74, 6) is -0.0355. The van der Waals surface area contributed by atoms with Gasteiger partial charge in [-0.15, -0.1) is 11.8 Å². The quantitative estimate of drug-likeness (QED) is 0.753. The number of hydrogen-bond donors (Lipinski definition) is 1. The van der Waals surface area contributed by atoms with Crippen molar-refractivity contribution in [2.75, 3.05) is 12.8 Å². The molecule has 0 heterocycles. The first kappa shape index (κ1) is 21.0. The van der Waals surface area contributed by atoms with Gasteiger partial charge >= 0.3 is 0 Å². The molecule has 2 amide bonds. The Morgan fingerprint density at radius 2 is 1.74 bits per heavy atom. The molecule has 2 rings (SSSR count). The van der Waals surface area contributed by atoms with E-state index in [-0.39, 0.29) is 23.4 Å². The fourth-order valence-corrected chi connectivity index (χ4v) is 3.61. The molecule has 2 aromatic carbocycles. The molecule has 0 aliphatic heterocycles. The van der Waals surface area contributed by atoms with E-state index in [9.17, 15) is 14.0 Å². The minimum absolute atomic E-state index is 0.143. The summed E-state index contributed by atoms with van der Waals surface area (Å²) in [5.41, 5.74) is 2.64. The van der Waals surface area contributed by atoms with Gasteiger partial charge < -0.3 is 10.2 Å². The van der Waals surface area contributed by atoms with Gasteiger partial charge in [0, 0.05) is 19.3 Å². The molecule has 0 unspecified atom stereocenters. The lowest BCUT2D eigenvalue weighted by Gasteiger charge is -2.29. The summed E-state index contributed by atoms with van der Waals surface area (Å²) in [6, 6.07) is 13.8. The molecule has 0 aliphatic rings. The monoisotopic (exact) mass is 388 g/mol. The average molecular weight is 389 g/mol. The van der Waals surface area contributed by atoms with Gasteiger partial charge in [-0.05, 0) is 36.6 Å². The van der Waals surface area contributed by atoms with Crippen LogP contribution in [0.4, 0.5) is 4.39 Å². The lowest BCUT2D eigenvalue weighted by atomic mass is 10.1. The van der Waals surface area contributed by atoms with E-state index in [1.165, 1.54) is 17.8 Å². The van der Waals surface area contributed by atoms with Gasteiger partial charge in [0.05, 0.1) is 5.75 Å². The van der Waals surface area contributed by atoms with Gasteiger partial charge in [-0.25, -0.2) is 4.39 Å². The molecule has 2 aromatic rings. The van der Waals surface area contributed by atoms with E-state index in [0.29, 0.717) is 17.9 Å². The fourth-order valence-electron chi connectivity index (χ4n) is 2.71. The zero-order valence-corrected chi connectivity index (χ0v) is 16.7. The highest BCUT2D eigenvalue weighted by molar-refractivity contribution is 7.99. The Bertz CT molecular complexity index is 797. The normalized spacial score (nSPS) is 11.7. The van der Waals surface area contributed by atoms with Gasteiger partial charge in [0.15, 0.2) is 0 Å². The van der Waals surface area contributed by atoms with E-state index in [0.717, 1.165) is 11.1 Å². The van der Waals surface area contributed by atoms with Gasteiger partial charge in [0.25, 0.3) is 0 Å². The van der Waals surface area contributed by atoms with Crippen LogP contribution in [0.25, 0.3) is 0 Å². The summed E-state index contributed by atoms with van der Waals surface area (Å²) in [7, 11) is 1.56. The van der Waals surface area contributed by atoms with Crippen molar-refractivity contribution >= 4 is 23.6 Å². The summed E-state index contributed by atoms with van der Waals surface area (Å²) in [6.07, 6.45) is 0. The summed E-state index contributed by atoms with van der Waals surface area (Å²) >= 11 is 1.35. The molecule has 0 radical (unpaired) electrons. The fraction of sp³-hybridized carbons (Fsp3) is 0.333. The first-order valence-electron chi connectivity index (χ1n) is 8.80. The van der Waals surface area contributed by atoms with Crippen LogP contribution in [0.2, 0.25) is 0 Å². The van der Waals surface area contributed by atoms with Crippen LogP contribution in [-0.2, 0) is 21.9 Å². The number of thioether (sulfide) groups is 1. The van der Waals surface area contributed by atoms with E-state index in [1.807, 2.05) is 31.2 Å². The van der Waals surface area contributed by atoms with Crippen molar-refractivity contribution in [2.24, 2.45) is 0 Å². The number of rotatable bonds is 8. The van der Waals surface area contributed by atoms with E-state index >= 15 is 0 Å². The highest BCUT2D eigenvalue weighted by Gasteiger charge is 2.25. The maximum Gasteiger partial charge on any atom is 0.242 e. The van der Waals surface area contributed by atoms with Crippen LogP contribution in [0.5, 0.6) is 0 Å². The van der Waals surface area contributed by atoms with E-state index < -0.39 is 6.04 Å². The van der Waals surface area contributed by atoms with Crippen LogP contribution in [0.15, 0.2) is 48.5 Å². The lowest BCUT2D eigenvalue weighted by molar-refractivity contribution is -0.138. The van der Waals surface area contributed by atoms with Crippen LogP contribution in [0, 0.1) is 12.7 Å². The van der Waals surface area contributed by atoms with Gasteiger partial charge in [-0.3, -0.25) is 9.59 Å². The number of likely N-dealkylation sites (N-methyl/N-ethyl adjacent to an activating group) is 1. The van der Waals surface area contributed by atoms with Gasteiger partial charge in [-0.2, -0.15) is 0 Å². The molecular formula is C21H25FN2O2S. The summed E-state index contributed by atoms with van der Waals surface area (Å²) in [4.78, 5) is 26.5. The topological polar surface area (TPSA) is 49.4 Å². The highest BCUT2D eigenvalue weighted by Crippen LogP contribution is 2.18. The second-order valence-electron chi connectivity index (χ2n) is 6.32. The van der Waals surface area contributed by atoms with Crippen LogP contribution < -0.4 is 5.32 Å². The second kappa shape index (κ2) is 10.1. The molecule has 4 nitrogen and oxygen atoms in total. The number of aryl methyl sites for hydroxylation is 1. The average Bonchev–Trinajstić information content (AvgIpc) is 2.67. The zero-order valence-electron chi connectivity index (χ0n) is 15.9. The zero-order chi connectivity index (χ0) is 19.8. The van der Waals surface area contributed by atoms with Crippen molar-refractivity contribution in [2.45, 2.75) is 32.2 Å². The number of benzene rings is 2. The molecular weight excluding hydrogens is 363 g/mol. The largest absolute Gasteiger partial charge is 0.357 e. The van der Waals surface area contributed by atoms with Crippen LogP contribution >= 0.6 is 11.8 Å². The molecule has 0 saturated carbocycles. The molecule has 0 aromatic heterocycles. The second-order valence-corrected chi connectivity index (χ2v) is 7.31. The molecule has 0 spiro atoms. The van der Waals surface area contributed by atoms with E-state index in [2.05, 4.69) is 5.32 Å². The molecule has 0 saturated heterocycles. The Morgan fingerprint density at radius 1 is 1.11 bits per heavy atom. The molecule has 27 heavy (non-hydrogen) atoms. The molecule has 1 N–H and O–H groups in total. The van der Waals surface area contributed by atoms with Crippen molar-refractivity contribution in [1.29, 1.82) is 0 Å². The minimum Gasteiger partial charge on any atom is -0.357 e. The summed E-state index contributed by atoms with van der Waals surface area (Å²) < 4.78 is 13.7. The Hall–Kier alpha value is -2.34. The molecule has 0 fully saturated rings. The van der Waals surface area contributed by atoms with Gasteiger partial charge in [-0.1, -0.05) is 42.5 Å². The maximum atomic E-state index is 13.7. The predicted molar refractivity (Wildman–Crippen MR) is 108 cm³/mol. The van der Waals surface area contributed by atoms with E-state index in [4.69, 9.17) is 0 Å². The third-order valence-corrected chi connectivity index (χ3v) is 5.42.